The number of ether oxygens (including phenoxy) is 1. The number of carboxylic acids is 1. The molecule has 1 heterocycles. The monoisotopic (exact) mass is 272 g/mol. The van der Waals surface area contributed by atoms with Crippen molar-refractivity contribution in [3.05, 3.63) is 0 Å². The van der Waals surface area contributed by atoms with Crippen LogP contribution in [0.4, 0.5) is 4.79 Å². The fourth-order valence-corrected chi connectivity index (χ4v) is 2.21. The number of nitrogens with zero attached hydrogens (tertiary/aromatic N) is 1. The largest absolute Gasteiger partial charge is 0.481 e. The van der Waals surface area contributed by atoms with Gasteiger partial charge < -0.3 is 20.1 Å². The van der Waals surface area contributed by atoms with Gasteiger partial charge in [0, 0.05) is 13.1 Å². The van der Waals surface area contributed by atoms with E-state index in [0.717, 1.165) is 19.3 Å². The Hall–Kier alpha value is -1.30. The van der Waals surface area contributed by atoms with E-state index in [-0.39, 0.29) is 25.3 Å². The van der Waals surface area contributed by atoms with E-state index in [9.17, 15) is 9.59 Å². The van der Waals surface area contributed by atoms with Gasteiger partial charge in [-0.3, -0.25) is 4.79 Å². The Morgan fingerprint density at radius 2 is 2.16 bits per heavy atom. The average Bonchev–Trinajstić information content (AvgIpc) is 2.84. The van der Waals surface area contributed by atoms with Gasteiger partial charge in [-0.15, -0.1) is 0 Å². The van der Waals surface area contributed by atoms with Crippen LogP contribution in [0.1, 0.15) is 33.1 Å². The Bertz CT molecular complexity index is 322. The number of hydrogen-bond donors (Lipinski definition) is 2. The van der Waals surface area contributed by atoms with E-state index < -0.39 is 17.9 Å². The molecule has 6 nitrogen and oxygen atoms in total. The summed E-state index contributed by atoms with van der Waals surface area (Å²) in [6, 6.07) is -0.526. The maximum absolute atomic E-state index is 12.0. The molecule has 0 saturated carbocycles. The van der Waals surface area contributed by atoms with Crippen molar-refractivity contribution in [3.8, 4) is 0 Å². The van der Waals surface area contributed by atoms with Gasteiger partial charge >= 0.3 is 12.0 Å². The summed E-state index contributed by atoms with van der Waals surface area (Å²) in [5, 5.41) is 12.0. The summed E-state index contributed by atoms with van der Waals surface area (Å²) in [6.07, 6.45) is 3.09. The van der Waals surface area contributed by atoms with Gasteiger partial charge in [0.2, 0.25) is 0 Å². The zero-order chi connectivity index (χ0) is 14.4. The molecule has 0 aromatic rings. The minimum atomic E-state index is -0.916. The first-order valence-corrected chi connectivity index (χ1v) is 6.81. The van der Waals surface area contributed by atoms with E-state index in [2.05, 4.69) is 12.2 Å². The summed E-state index contributed by atoms with van der Waals surface area (Å²) < 4.78 is 5.17. The van der Waals surface area contributed by atoms with Crippen LogP contribution in [0, 0.1) is 5.92 Å². The molecule has 1 saturated heterocycles. The van der Waals surface area contributed by atoms with Crippen molar-refractivity contribution in [2.24, 2.45) is 5.92 Å². The Balaban J connectivity index is 2.49. The smallest absolute Gasteiger partial charge is 0.317 e. The van der Waals surface area contributed by atoms with Gasteiger partial charge in [0.15, 0.2) is 0 Å². The second-order valence-electron chi connectivity index (χ2n) is 5.15. The highest BCUT2D eigenvalue weighted by Gasteiger charge is 2.38. The van der Waals surface area contributed by atoms with E-state index in [1.165, 1.54) is 4.90 Å². The highest BCUT2D eigenvalue weighted by molar-refractivity contribution is 5.77. The lowest BCUT2D eigenvalue weighted by atomic mass is 10.0. The lowest BCUT2D eigenvalue weighted by molar-refractivity contribution is -0.142. The van der Waals surface area contributed by atoms with Crippen LogP contribution in [-0.4, -0.2) is 54.4 Å². The normalized spacial score (nSPS) is 23.9. The lowest BCUT2D eigenvalue weighted by Gasteiger charge is -2.28. The van der Waals surface area contributed by atoms with Crippen LogP contribution in [0.2, 0.25) is 0 Å². The van der Waals surface area contributed by atoms with Crippen LogP contribution < -0.4 is 5.32 Å². The molecule has 2 amide bonds. The first-order valence-electron chi connectivity index (χ1n) is 6.81. The first kappa shape index (κ1) is 15.8. The zero-order valence-electron chi connectivity index (χ0n) is 11.9. The Labute approximate surface area is 114 Å². The van der Waals surface area contributed by atoms with Gasteiger partial charge in [-0.2, -0.15) is 0 Å². The molecule has 1 rings (SSSR count). The van der Waals surface area contributed by atoms with Gasteiger partial charge in [-0.05, 0) is 13.3 Å². The number of amides is 2. The Kier molecular flexibility index (Phi) is 6.08. The summed E-state index contributed by atoms with van der Waals surface area (Å²) in [7, 11) is 1.62. The number of urea groups is 1. The SMILES string of the molecule is CCCCC(C)NC(=O)N(C)C1COCC1C(=O)O. The summed E-state index contributed by atoms with van der Waals surface area (Å²) in [5.74, 6) is -1.55. The van der Waals surface area contributed by atoms with Crippen LogP contribution in [0.15, 0.2) is 0 Å². The topological polar surface area (TPSA) is 78.9 Å². The first-order chi connectivity index (χ1) is 8.97. The molecule has 6 heteroatoms. The standard InChI is InChI=1S/C13H24N2O4/c1-4-5-6-9(2)14-13(18)15(3)11-8-19-7-10(11)12(16)17/h9-11H,4-8H2,1-3H3,(H,14,18)(H,16,17). The predicted molar refractivity (Wildman–Crippen MR) is 71.0 cm³/mol. The minimum Gasteiger partial charge on any atom is -0.481 e. The fourth-order valence-electron chi connectivity index (χ4n) is 2.21. The van der Waals surface area contributed by atoms with Crippen molar-refractivity contribution < 1.29 is 19.4 Å². The van der Waals surface area contributed by atoms with Gasteiger partial charge in [-0.25, -0.2) is 4.79 Å². The second-order valence-corrected chi connectivity index (χ2v) is 5.15. The molecule has 3 unspecified atom stereocenters. The third-order valence-electron chi connectivity index (χ3n) is 3.55. The molecule has 0 aromatic heterocycles. The number of unbranched alkanes of at least 4 members (excludes halogenated alkanes) is 1. The summed E-state index contributed by atoms with van der Waals surface area (Å²) in [4.78, 5) is 24.6. The van der Waals surface area contributed by atoms with E-state index in [1.807, 2.05) is 6.92 Å². The maximum atomic E-state index is 12.0. The molecule has 3 atom stereocenters. The van der Waals surface area contributed by atoms with Crippen LogP contribution in [0.3, 0.4) is 0 Å². The molecule has 0 aromatic carbocycles. The third-order valence-corrected chi connectivity index (χ3v) is 3.55. The van der Waals surface area contributed by atoms with Gasteiger partial charge in [0.25, 0.3) is 0 Å². The third kappa shape index (κ3) is 4.38. The summed E-state index contributed by atoms with van der Waals surface area (Å²) in [5.41, 5.74) is 0. The number of carbonyl (C=O) groups excluding carboxylic acids is 1. The number of rotatable bonds is 6. The summed E-state index contributed by atoms with van der Waals surface area (Å²) in [6.45, 7) is 4.52. The molecule has 1 aliphatic rings. The predicted octanol–water partition coefficient (Wildman–Crippen LogP) is 1.31. The number of carbonyl (C=O) groups is 2. The Morgan fingerprint density at radius 1 is 1.47 bits per heavy atom. The van der Waals surface area contributed by atoms with Crippen molar-refractivity contribution in [1.82, 2.24) is 10.2 Å². The number of carboxylic acid groups (broad SMARTS) is 1. The van der Waals surface area contributed by atoms with Gasteiger partial charge in [0.05, 0.1) is 19.3 Å². The number of likely N-dealkylation sites (N-methyl/N-ethyl adjacent to an activating group) is 1. The maximum Gasteiger partial charge on any atom is 0.317 e. The molecule has 0 bridgehead atoms. The summed E-state index contributed by atoms with van der Waals surface area (Å²) >= 11 is 0. The van der Waals surface area contributed by atoms with Crippen molar-refractivity contribution in [2.75, 3.05) is 20.3 Å². The van der Waals surface area contributed by atoms with Crippen molar-refractivity contribution in [2.45, 2.75) is 45.2 Å². The minimum absolute atomic E-state index is 0.0977. The number of hydrogen-bond acceptors (Lipinski definition) is 3. The highest BCUT2D eigenvalue weighted by Crippen LogP contribution is 2.19. The van der Waals surface area contributed by atoms with Crippen LogP contribution in [0.5, 0.6) is 0 Å². The molecule has 0 aliphatic carbocycles. The van der Waals surface area contributed by atoms with Gasteiger partial charge in [-0.1, -0.05) is 19.8 Å². The van der Waals surface area contributed by atoms with Crippen molar-refractivity contribution in [3.63, 3.8) is 0 Å². The van der Waals surface area contributed by atoms with E-state index in [4.69, 9.17) is 9.84 Å². The molecule has 1 aliphatic heterocycles. The molecule has 1 fully saturated rings. The zero-order valence-corrected chi connectivity index (χ0v) is 11.9. The molecule has 0 spiro atoms. The molecule has 0 radical (unpaired) electrons. The molecule has 2 N–H and O–H groups in total. The highest BCUT2D eigenvalue weighted by atomic mass is 16.5. The van der Waals surface area contributed by atoms with Crippen molar-refractivity contribution >= 4 is 12.0 Å². The molecule has 19 heavy (non-hydrogen) atoms. The molecular formula is C13H24N2O4. The lowest BCUT2D eigenvalue weighted by Crippen LogP contribution is -2.50. The Morgan fingerprint density at radius 3 is 2.74 bits per heavy atom. The van der Waals surface area contributed by atoms with E-state index >= 15 is 0 Å². The van der Waals surface area contributed by atoms with Gasteiger partial charge in [0.1, 0.15) is 5.92 Å². The fraction of sp³-hybridized carbons (Fsp3) is 0.846. The van der Waals surface area contributed by atoms with Crippen LogP contribution in [-0.2, 0) is 9.53 Å². The van der Waals surface area contributed by atoms with E-state index in [0.29, 0.717) is 0 Å². The number of nitrogens with one attached hydrogen (secondary N) is 1. The van der Waals surface area contributed by atoms with Crippen LogP contribution >= 0.6 is 0 Å². The molecular weight excluding hydrogens is 248 g/mol. The number of aliphatic carboxylic acids is 1. The molecule has 110 valence electrons. The van der Waals surface area contributed by atoms with Crippen LogP contribution in [0.25, 0.3) is 0 Å². The quantitative estimate of drug-likeness (QED) is 0.764. The second kappa shape index (κ2) is 7.33. The average molecular weight is 272 g/mol. The van der Waals surface area contributed by atoms with Crippen molar-refractivity contribution in [1.29, 1.82) is 0 Å². The van der Waals surface area contributed by atoms with E-state index in [1.54, 1.807) is 7.05 Å².